The molecule has 0 amide bonds. The van der Waals surface area contributed by atoms with Crippen LogP contribution in [0.3, 0.4) is 0 Å². The number of hydrogen-bond donors (Lipinski definition) is 0. The molecule has 0 saturated heterocycles. The summed E-state index contributed by atoms with van der Waals surface area (Å²) in [5, 5.41) is -2.06. The molecule has 0 radical (unpaired) electrons. The van der Waals surface area contributed by atoms with E-state index < -0.39 is 32.6 Å². The van der Waals surface area contributed by atoms with E-state index in [0.717, 1.165) is 0 Å². The lowest BCUT2D eigenvalue weighted by molar-refractivity contribution is -0.137. The molecule has 1 aromatic carbocycles. The molecule has 0 atom stereocenters. The largest absolute Gasteiger partial charge is 0.418 e. The molecule has 0 bridgehead atoms. The lowest BCUT2D eigenvalue weighted by Gasteiger charge is -2.11. The Morgan fingerprint density at radius 1 is 0.929 bits per heavy atom. The lowest BCUT2D eigenvalue weighted by Crippen LogP contribution is -2.07. The minimum absolute atomic E-state index is 0.205. The normalized spacial score (nSPS) is 11.9. The molecule has 0 N–H and O–H groups in total. The molecule has 0 fully saturated rings. The van der Waals surface area contributed by atoms with E-state index in [9.17, 15) is 17.6 Å². The third kappa shape index (κ3) is 2.07. The highest BCUT2D eigenvalue weighted by atomic mass is 35.5. The van der Waals surface area contributed by atoms with Crippen LogP contribution in [0.25, 0.3) is 0 Å². The van der Waals surface area contributed by atoms with E-state index >= 15 is 0 Å². The van der Waals surface area contributed by atoms with Gasteiger partial charge in [0, 0.05) is 0 Å². The number of rotatable bonds is 0. The summed E-state index contributed by atoms with van der Waals surface area (Å²) in [6, 6.07) is 0.205. The first-order chi connectivity index (χ1) is 6.25. The molecule has 0 aromatic heterocycles. The highest BCUT2D eigenvalue weighted by Gasteiger charge is 2.35. The summed E-state index contributed by atoms with van der Waals surface area (Å²) < 4.78 is 49.3. The van der Waals surface area contributed by atoms with Gasteiger partial charge in [0.05, 0.1) is 20.6 Å². The molecule has 0 saturated carbocycles. The fourth-order valence-corrected chi connectivity index (χ4v) is 1.42. The minimum Gasteiger partial charge on any atom is -0.205 e. The average molecular weight is 267 g/mol. The summed E-state index contributed by atoms with van der Waals surface area (Å²) in [5.41, 5.74) is -1.34. The standard InChI is InChI=1S/C7HCl3F4/c8-4-2(7(12,13)14)1-3(11)5(9)6(4)10/h1H. The molecule has 14 heavy (non-hydrogen) atoms. The van der Waals surface area contributed by atoms with E-state index in [1.54, 1.807) is 0 Å². The molecule has 0 aliphatic rings. The molecule has 1 aromatic rings. The van der Waals surface area contributed by atoms with Crippen molar-refractivity contribution >= 4 is 34.8 Å². The zero-order chi connectivity index (χ0) is 11.1. The Kier molecular flexibility index (Phi) is 3.19. The van der Waals surface area contributed by atoms with Crippen LogP contribution >= 0.6 is 34.8 Å². The second-order valence-corrected chi connectivity index (χ2v) is 3.48. The van der Waals surface area contributed by atoms with Crippen LogP contribution < -0.4 is 0 Å². The topological polar surface area (TPSA) is 0 Å². The second kappa shape index (κ2) is 3.76. The van der Waals surface area contributed by atoms with Crippen molar-refractivity contribution in [2.24, 2.45) is 0 Å². The van der Waals surface area contributed by atoms with Crippen LogP contribution in [0.1, 0.15) is 5.56 Å². The summed E-state index contributed by atoms with van der Waals surface area (Å²) in [6.07, 6.45) is -4.76. The van der Waals surface area contributed by atoms with Crippen LogP contribution in [0, 0.1) is 5.82 Å². The number of halogens is 7. The summed E-state index contributed by atoms with van der Waals surface area (Å²) in [5.74, 6) is -1.26. The smallest absolute Gasteiger partial charge is 0.205 e. The van der Waals surface area contributed by atoms with Crippen molar-refractivity contribution in [2.45, 2.75) is 6.18 Å². The maximum Gasteiger partial charge on any atom is 0.418 e. The fourth-order valence-electron chi connectivity index (χ4n) is 0.779. The number of alkyl halides is 3. The van der Waals surface area contributed by atoms with Gasteiger partial charge in [0.15, 0.2) is 0 Å². The minimum atomic E-state index is -4.76. The molecule has 0 heterocycles. The number of hydrogen-bond acceptors (Lipinski definition) is 0. The summed E-state index contributed by atoms with van der Waals surface area (Å²) in [7, 11) is 0. The third-order valence-corrected chi connectivity index (χ3v) is 2.74. The Morgan fingerprint density at radius 2 is 1.43 bits per heavy atom. The highest BCUT2D eigenvalue weighted by Crippen LogP contribution is 2.42. The van der Waals surface area contributed by atoms with Gasteiger partial charge >= 0.3 is 6.18 Å². The van der Waals surface area contributed by atoms with Gasteiger partial charge < -0.3 is 0 Å². The molecule has 0 aliphatic carbocycles. The predicted octanol–water partition coefficient (Wildman–Crippen LogP) is 4.80. The zero-order valence-electron chi connectivity index (χ0n) is 6.22. The van der Waals surface area contributed by atoms with Crippen molar-refractivity contribution in [2.75, 3.05) is 0 Å². The highest BCUT2D eigenvalue weighted by molar-refractivity contribution is 6.48. The first-order valence-corrected chi connectivity index (χ1v) is 4.28. The van der Waals surface area contributed by atoms with Crippen LogP contribution in [-0.2, 0) is 6.18 Å². The van der Waals surface area contributed by atoms with Gasteiger partial charge in [-0.3, -0.25) is 0 Å². The van der Waals surface area contributed by atoms with Crippen molar-refractivity contribution in [1.29, 1.82) is 0 Å². The molecule has 0 aliphatic heterocycles. The monoisotopic (exact) mass is 266 g/mol. The molecule has 0 spiro atoms. The van der Waals surface area contributed by atoms with Gasteiger partial charge in [-0.15, -0.1) is 0 Å². The molecule has 78 valence electrons. The van der Waals surface area contributed by atoms with Crippen LogP contribution in [-0.4, -0.2) is 0 Å². The lowest BCUT2D eigenvalue weighted by atomic mass is 10.2. The van der Waals surface area contributed by atoms with Crippen molar-refractivity contribution in [3.05, 3.63) is 32.5 Å². The molecule has 0 unspecified atom stereocenters. The predicted molar refractivity (Wildman–Crippen MR) is 46.4 cm³/mol. The van der Waals surface area contributed by atoms with Gasteiger partial charge in [-0.05, 0) is 6.07 Å². The van der Waals surface area contributed by atoms with Gasteiger partial charge in [-0.2, -0.15) is 13.2 Å². The van der Waals surface area contributed by atoms with Gasteiger partial charge in [0.25, 0.3) is 0 Å². The van der Waals surface area contributed by atoms with Crippen molar-refractivity contribution in [1.82, 2.24) is 0 Å². The van der Waals surface area contributed by atoms with E-state index in [1.165, 1.54) is 0 Å². The van der Waals surface area contributed by atoms with Crippen LogP contribution in [0.4, 0.5) is 17.6 Å². The molecule has 7 heteroatoms. The fraction of sp³-hybridized carbons (Fsp3) is 0.143. The van der Waals surface area contributed by atoms with Gasteiger partial charge in [0.2, 0.25) is 0 Å². The Bertz CT molecular complexity index is 372. The summed E-state index contributed by atoms with van der Waals surface area (Å²) >= 11 is 15.8. The van der Waals surface area contributed by atoms with E-state index in [-0.39, 0.29) is 6.07 Å². The van der Waals surface area contributed by atoms with Gasteiger partial charge in [0.1, 0.15) is 5.82 Å². The van der Waals surface area contributed by atoms with Crippen LogP contribution in [0.2, 0.25) is 15.1 Å². The van der Waals surface area contributed by atoms with Crippen LogP contribution in [0.5, 0.6) is 0 Å². The Morgan fingerprint density at radius 3 is 1.86 bits per heavy atom. The van der Waals surface area contributed by atoms with Crippen molar-refractivity contribution < 1.29 is 17.6 Å². The first-order valence-electron chi connectivity index (χ1n) is 3.15. The maximum atomic E-state index is 12.8. The van der Waals surface area contributed by atoms with Crippen LogP contribution in [0.15, 0.2) is 6.07 Å². The third-order valence-electron chi connectivity index (χ3n) is 1.41. The van der Waals surface area contributed by atoms with E-state index in [0.29, 0.717) is 0 Å². The Balaban J connectivity index is 3.49. The quantitative estimate of drug-likeness (QED) is 0.360. The van der Waals surface area contributed by atoms with Gasteiger partial charge in [-0.1, -0.05) is 34.8 Å². The maximum absolute atomic E-state index is 12.8. The Hall–Kier alpha value is -0.190. The summed E-state index contributed by atoms with van der Waals surface area (Å²) in [6.45, 7) is 0. The Labute approximate surface area is 91.4 Å². The molecule has 1 rings (SSSR count). The molecule has 0 nitrogen and oxygen atoms in total. The van der Waals surface area contributed by atoms with E-state index in [4.69, 9.17) is 34.8 Å². The average Bonchev–Trinajstić information content (AvgIpc) is 2.06. The number of benzene rings is 1. The zero-order valence-corrected chi connectivity index (χ0v) is 8.49. The summed E-state index contributed by atoms with van der Waals surface area (Å²) in [4.78, 5) is 0. The molecular weight excluding hydrogens is 266 g/mol. The van der Waals surface area contributed by atoms with E-state index in [2.05, 4.69) is 0 Å². The second-order valence-electron chi connectivity index (χ2n) is 2.35. The van der Waals surface area contributed by atoms with Crippen molar-refractivity contribution in [3.63, 3.8) is 0 Å². The SMILES string of the molecule is Fc1cc(C(F)(F)F)c(Cl)c(Cl)c1Cl. The van der Waals surface area contributed by atoms with E-state index in [1.807, 2.05) is 0 Å². The molecular formula is C7HCl3F4. The van der Waals surface area contributed by atoms with Crippen molar-refractivity contribution in [3.8, 4) is 0 Å². The first kappa shape index (κ1) is 11.9. The van der Waals surface area contributed by atoms with Gasteiger partial charge in [-0.25, -0.2) is 4.39 Å².